The third-order valence-corrected chi connectivity index (χ3v) is 2.85. The molecule has 82 valence electrons. The molecule has 0 atom stereocenters. The number of azo groups is 1. The molecule has 0 aliphatic rings. The Bertz CT molecular complexity index is 518. The van der Waals surface area contributed by atoms with Crippen LogP contribution in [0.4, 0.5) is 22.2 Å². The maximum Gasteiger partial charge on any atom is 0.229 e. The number of nitrogens with zero attached hydrogens (tertiary/aromatic N) is 3. The SMILES string of the molecule is Cc1c(N)ccc(N=Nc2nccs2)c1N. The Balaban J connectivity index is 2.32. The van der Waals surface area contributed by atoms with E-state index in [1.807, 2.05) is 12.3 Å². The Hall–Kier alpha value is -1.95. The predicted molar refractivity (Wildman–Crippen MR) is 66.3 cm³/mol. The highest BCUT2D eigenvalue weighted by atomic mass is 32.1. The molecule has 16 heavy (non-hydrogen) atoms. The van der Waals surface area contributed by atoms with Crippen LogP contribution in [0.3, 0.4) is 0 Å². The zero-order chi connectivity index (χ0) is 11.5. The first-order valence-corrected chi connectivity index (χ1v) is 5.52. The standard InChI is InChI=1S/C10H11N5S/c1-6-7(11)2-3-8(9(6)12)14-15-10-13-4-5-16-10/h2-5H,11-12H2,1H3. The van der Waals surface area contributed by atoms with Crippen LogP contribution in [0.1, 0.15) is 5.56 Å². The normalized spacial score (nSPS) is 11.1. The highest BCUT2D eigenvalue weighted by Gasteiger charge is 2.04. The molecule has 0 amide bonds. The van der Waals surface area contributed by atoms with Gasteiger partial charge < -0.3 is 11.5 Å². The molecule has 0 aliphatic heterocycles. The molecule has 4 N–H and O–H groups in total. The fourth-order valence-electron chi connectivity index (χ4n) is 1.18. The fourth-order valence-corrected chi connectivity index (χ4v) is 1.63. The molecule has 5 nitrogen and oxygen atoms in total. The summed E-state index contributed by atoms with van der Waals surface area (Å²) in [6, 6.07) is 3.51. The highest BCUT2D eigenvalue weighted by Crippen LogP contribution is 2.30. The Labute approximate surface area is 96.8 Å². The number of anilines is 2. The predicted octanol–water partition coefficient (Wildman–Crippen LogP) is 3.03. The molecule has 2 aromatic rings. The lowest BCUT2D eigenvalue weighted by Crippen LogP contribution is -1.95. The van der Waals surface area contributed by atoms with Crippen molar-refractivity contribution < 1.29 is 0 Å². The number of nitrogen functional groups attached to an aromatic ring is 2. The van der Waals surface area contributed by atoms with E-state index >= 15 is 0 Å². The molecule has 1 aromatic heterocycles. The first kappa shape index (κ1) is 10.6. The van der Waals surface area contributed by atoms with Crippen molar-refractivity contribution in [2.75, 3.05) is 11.5 Å². The van der Waals surface area contributed by atoms with E-state index in [1.54, 1.807) is 18.3 Å². The molecular weight excluding hydrogens is 222 g/mol. The highest BCUT2D eigenvalue weighted by molar-refractivity contribution is 7.13. The molecular formula is C10H11N5S. The van der Waals surface area contributed by atoms with Crippen LogP contribution in [-0.2, 0) is 0 Å². The number of benzene rings is 1. The summed E-state index contributed by atoms with van der Waals surface area (Å²) in [5.41, 5.74) is 14.2. The quantitative estimate of drug-likeness (QED) is 0.617. The van der Waals surface area contributed by atoms with Gasteiger partial charge >= 0.3 is 0 Å². The van der Waals surface area contributed by atoms with Gasteiger partial charge in [-0.2, -0.15) is 0 Å². The van der Waals surface area contributed by atoms with E-state index in [4.69, 9.17) is 11.5 Å². The Morgan fingerprint density at radius 3 is 2.75 bits per heavy atom. The van der Waals surface area contributed by atoms with Crippen LogP contribution in [0, 0.1) is 6.92 Å². The van der Waals surface area contributed by atoms with Crippen molar-refractivity contribution in [3.63, 3.8) is 0 Å². The van der Waals surface area contributed by atoms with Gasteiger partial charge in [0, 0.05) is 17.3 Å². The van der Waals surface area contributed by atoms with Crippen LogP contribution in [0.25, 0.3) is 0 Å². The summed E-state index contributed by atoms with van der Waals surface area (Å²) < 4.78 is 0. The average Bonchev–Trinajstić information content (AvgIpc) is 2.78. The molecule has 0 spiro atoms. The largest absolute Gasteiger partial charge is 0.398 e. The van der Waals surface area contributed by atoms with Crippen LogP contribution in [0.5, 0.6) is 0 Å². The minimum Gasteiger partial charge on any atom is -0.398 e. The van der Waals surface area contributed by atoms with E-state index < -0.39 is 0 Å². The molecule has 0 aliphatic carbocycles. The smallest absolute Gasteiger partial charge is 0.229 e. The van der Waals surface area contributed by atoms with Crippen molar-refractivity contribution in [1.29, 1.82) is 0 Å². The lowest BCUT2D eigenvalue weighted by molar-refractivity contribution is 1.19. The van der Waals surface area contributed by atoms with E-state index in [9.17, 15) is 0 Å². The summed E-state index contributed by atoms with van der Waals surface area (Å²) in [6.07, 6.45) is 1.68. The second kappa shape index (κ2) is 4.28. The summed E-state index contributed by atoms with van der Waals surface area (Å²) >= 11 is 1.42. The van der Waals surface area contributed by atoms with Gasteiger partial charge in [-0.1, -0.05) is 0 Å². The molecule has 0 fully saturated rings. The van der Waals surface area contributed by atoms with Gasteiger partial charge in [0.25, 0.3) is 0 Å². The van der Waals surface area contributed by atoms with E-state index in [1.165, 1.54) is 11.3 Å². The summed E-state index contributed by atoms with van der Waals surface area (Å²) in [6.45, 7) is 1.85. The maximum absolute atomic E-state index is 5.87. The Morgan fingerprint density at radius 1 is 1.25 bits per heavy atom. The Kier molecular flexibility index (Phi) is 2.82. The van der Waals surface area contributed by atoms with Gasteiger partial charge in [-0.15, -0.1) is 21.6 Å². The average molecular weight is 233 g/mol. The van der Waals surface area contributed by atoms with E-state index in [0.29, 0.717) is 22.2 Å². The van der Waals surface area contributed by atoms with Crippen LogP contribution in [0.2, 0.25) is 0 Å². The van der Waals surface area contributed by atoms with Crippen LogP contribution in [-0.4, -0.2) is 4.98 Å². The van der Waals surface area contributed by atoms with Gasteiger partial charge in [0.2, 0.25) is 5.13 Å². The molecule has 6 heteroatoms. The van der Waals surface area contributed by atoms with Gasteiger partial charge in [-0.05, 0) is 24.6 Å². The minimum absolute atomic E-state index is 0.556. The van der Waals surface area contributed by atoms with Crippen molar-refractivity contribution in [3.05, 3.63) is 29.3 Å². The van der Waals surface area contributed by atoms with Crippen molar-refractivity contribution in [1.82, 2.24) is 4.98 Å². The zero-order valence-corrected chi connectivity index (χ0v) is 9.53. The van der Waals surface area contributed by atoms with Gasteiger partial charge in [0.1, 0.15) is 5.69 Å². The lowest BCUT2D eigenvalue weighted by Gasteiger charge is -2.05. The van der Waals surface area contributed by atoms with Crippen molar-refractivity contribution in [2.45, 2.75) is 6.92 Å². The number of thiazole rings is 1. The first-order chi connectivity index (χ1) is 7.68. The first-order valence-electron chi connectivity index (χ1n) is 4.64. The van der Waals surface area contributed by atoms with Crippen LogP contribution >= 0.6 is 11.3 Å². The second-order valence-electron chi connectivity index (χ2n) is 3.23. The minimum atomic E-state index is 0.556. The van der Waals surface area contributed by atoms with Gasteiger partial charge in [-0.3, -0.25) is 0 Å². The van der Waals surface area contributed by atoms with Crippen molar-refractivity contribution in [2.24, 2.45) is 10.2 Å². The number of nitrogens with two attached hydrogens (primary N) is 2. The number of aromatic nitrogens is 1. The molecule has 0 bridgehead atoms. The monoisotopic (exact) mass is 233 g/mol. The summed E-state index contributed by atoms with van der Waals surface area (Å²) in [4.78, 5) is 3.99. The fraction of sp³-hybridized carbons (Fsp3) is 0.100. The van der Waals surface area contributed by atoms with E-state index in [0.717, 1.165) is 5.56 Å². The molecule has 0 unspecified atom stereocenters. The summed E-state index contributed by atoms with van der Waals surface area (Å²) in [5.74, 6) is 0. The molecule has 1 heterocycles. The van der Waals surface area contributed by atoms with Gasteiger partial charge in [-0.25, -0.2) is 4.98 Å². The molecule has 0 radical (unpaired) electrons. The molecule has 0 saturated carbocycles. The topological polar surface area (TPSA) is 89.6 Å². The number of rotatable bonds is 2. The number of hydrogen-bond acceptors (Lipinski definition) is 6. The maximum atomic E-state index is 5.87. The summed E-state index contributed by atoms with van der Waals surface area (Å²) in [7, 11) is 0. The van der Waals surface area contributed by atoms with E-state index in [-0.39, 0.29) is 0 Å². The second-order valence-corrected chi connectivity index (χ2v) is 4.10. The van der Waals surface area contributed by atoms with Gasteiger partial charge in [0.05, 0.1) is 5.69 Å². The Morgan fingerprint density at radius 2 is 2.06 bits per heavy atom. The molecule has 1 aromatic carbocycles. The van der Waals surface area contributed by atoms with E-state index in [2.05, 4.69) is 15.2 Å². The number of hydrogen-bond donors (Lipinski definition) is 2. The van der Waals surface area contributed by atoms with Crippen molar-refractivity contribution >= 4 is 33.5 Å². The lowest BCUT2D eigenvalue weighted by atomic mass is 10.1. The molecule has 2 rings (SSSR count). The van der Waals surface area contributed by atoms with Crippen molar-refractivity contribution in [3.8, 4) is 0 Å². The third-order valence-electron chi connectivity index (χ3n) is 2.20. The van der Waals surface area contributed by atoms with Gasteiger partial charge in [0.15, 0.2) is 0 Å². The zero-order valence-electron chi connectivity index (χ0n) is 8.71. The summed E-state index contributed by atoms with van der Waals surface area (Å²) in [5, 5.41) is 10.5. The third kappa shape index (κ3) is 2.01. The van der Waals surface area contributed by atoms with Crippen LogP contribution < -0.4 is 11.5 Å². The molecule has 0 saturated heterocycles. The van der Waals surface area contributed by atoms with Crippen LogP contribution in [0.15, 0.2) is 33.9 Å².